The van der Waals surface area contributed by atoms with Gasteiger partial charge in [0.15, 0.2) is 0 Å². The van der Waals surface area contributed by atoms with Crippen LogP contribution in [-0.2, 0) is 0 Å². The minimum absolute atomic E-state index is 0.0614. The molecule has 3 saturated heterocycles. The topological polar surface area (TPSA) is 26.7 Å². The van der Waals surface area contributed by atoms with Crippen molar-refractivity contribution >= 4 is 0 Å². The highest BCUT2D eigenvalue weighted by molar-refractivity contribution is 5.22. The van der Waals surface area contributed by atoms with Gasteiger partial charge in [-0.05, 0) is 17.7 Å². The summed E-state index contributed by atoms with van der Waals surface area (Å²) >= 11 is 0. The van der Waals surface area contributed by atoms with E-state index in [1.807, 2.05) is 0 Å². The molecule has 3 heterocycles. The van der Waals surface area contributed by atoms with Gasteiger partial charge in [0.25, 0.3) is 0 Å². The minimum atomic E-state index is -0.835. The van der Waals surface area contributed by atoms with Crippen LogP contribution in [0.15, 0.2) is 18.2 Å². The zero-order chi connectivity index (χ0) is 12.7. The van der Waals surface area contributed by atoms with E-state index in [2.05, 4.69) is 9.80 Å². The number of fused-ring (bicyclic) bond motifs is 3. The molecule has 4 rings (SSSR count). The van der Waals surface area contributed by atoms with Crippen LogP contribution in [0.4, 0.5) is 8.78 Å². The fourth-order valence-corrected chi connectivity index (χ4v) is 2.93. The second-order valence-corrected chi connectivity index (χ2v) is 5.05. The predicted molar refractivity (Wildman–Crippen MR) is 63.1 cm³/mol. The molecule has 2 atom stereocenters. The lowest BCUT2D eigenvalue weighted by molar-refractivity contribution is -0.0471. The Labute approximate surface area is 105 Å². The maximum Gasteiger partial charge on any atom is 0.126 e. The van der Waals surface area contributed by atoms with Crippen LogP contribution in [0.5, 0.6) is 0 Å². The Hall–Kier alpha value is -1.04. The van der Waals surface area contributed by atoms with Gasteiger partial charge in [0, 0.05) is 38.8 Å². The average molecular weight is 254 g/mol. The van der Waals surface area contributed by atoms with Gasteiger partial charge in [-0.15, -0.1) is 0 Å². The van der Waals surface area contributed by atoms with Crippen molar-refractivity contribution in [3.8, 4) is 0 Å². The number of rotatable bonds is 2. The minimum Gasteiger partial charge on any atom is -0.387 e. The van der Waals surface area contributed by atoms with Crippen LogP contribution in [0.25, 0.3) is 0 Å². The highest BCUT2D eigenvalue weighted by Gasteiger charge is 2.36. The summed E-state index contributed by atoms with van der Waals surface area (Å²) < 4.78 is 26.3. The van der Waals surface area contributed by atoms with Gasteiger partial charge >= 0.3 is 0 Å². The Balaban J connectivity index is 1.83. The molecule has 0 aliphatic carbocycles. The number of benzene rings is 1. The summed E-state index contributed by atoms with van der Waals surface area (Å²) in [7, 11) is 0. The summed E-state index contributed by atoms with van der Waals surface area (Å²) in [4.78, 5) is 4.48. The maximum atomic E-state index is 13.2. The second kappa shape index (κ2) is 4.57. The molecule has 2 unspecified atom stereocenters. The zero-order valence-corrected chi connectivity index (χ0v) is 10.0. The van der Waals surface area contributed by atoms with E-state index in [4.69, 9.17) is 0 Å². The molecule has 3 aliphatic rings. The summed E-state index contributed by atoms with van der Waals surface area (Å²) in [6.45, 7) is 4.62. The van der Waals surface area contributed by atoms with Crippen LogP contribution >= 0.6 is 0 Å². The van der Waals surface area contributed by atoms with Gasteiger partial charge in [0.2, 0.25) is 0 Å². The molecule has 0 aromatic heterocycles. The van der Waals surface area contributed by atoms with Crippen molar-refractivity contribution in [2.45, 2.75) is 12.1 Å². The Bertz CT molecular complexity index is 426. The SMILES string of the molecule is OC(c1cc(F)cc(F)c1)C1CN2CCN1CC2. The first kappa shape index (κ1) is 12.0. The van der Waals surface area contributed by atoms with Crippen LogP contribution in [0, 0.1) is 11.6 Å². The van der Waals surface area contributed by atoms with Crippen molar-refractivity contribution in [3.05, 3.63) is 35.4 Å². The third-order valence-corrected chi connectivity index (χ3v) is 3.91. The summed E-state index contributed by atoms with van der Waals surface area (Å²) in [5, 5.41) is 10.3. The monoisotopic (exact) mass is 254 g/mol. The average Bonchev–Trinajstić information content (AvgIpc) is 2.38. The fraction of sp³-hybridized carbons (Fsp3) is 0.538. The maximum absolute atomic E-state index is 13.2. The molecule has 3 nitrogen and oxygen atoms in total. The van der Waals surface area contributed by atoms with Crippen LogP contribution in [0.1, 0.15) is 11.7 Å². The summed E-state index contributed by atoms with van der Waals surface area (Å²) in [6.07, 6.45) is -0.835. The quantitative estimate of drug-likeness (QED) is 0.853. The van der Waals surface area contributed by atoms with Gasteiger partial charge in [-0.2, -0.15) is 0 Å². The Morgan fingerprint density at radius 2 is 1.67 bits per heavy atom. The zero-order valence-electron chi connectivity index (χ0n) is 10.0. The standard InChI is InChI=1S/C13H16F2N2O/c14-10-5-9(6-11(15)7-10)13(18)12-8-16-1-3-17(12)4-2-16/h5-7,12-13,18H,1-4,8H2. The molecule has 1 N–H and O–H groups in total. The smallest absolute Gasteiger partial charge is 0.126 e. The number of nitrogens with zero attached hydrogens (tertiary/aromatic N) is 2. The fourth-order valence-electron chi connectivity index (χ4n) is 2.93. The van der Waals surface area contributed by atoms with Crippen molar-refractivity contribution in [1.82, 2.24) is 9.80 Å². The Morgan fingerprint density at radius 1 is 1.06 bits per heavy atom. The molecule has 0 spiro atoms. The first-order chi connectivity index (χ1) is 8.63. The highest BCUT2D eigenvalue weighted by atomic mass is 19.1. The lowest BCUT2D eigenvalue weighted by Gasteiger charge is -2.49. The third-order valence-electron chi connectivity index (χ3n) is 3.91. The number of aliphatic hydroxyl groups excluding tert-OH is 1. The molecule has 0 radical (unpaired) electrons. The van der Waals surface area contributed by atoms with Crippen molar-refractivity contribution in [3.63, 3.8) is 0 Å². The molecule has 1 aromatic rings. The van der Waals surface area contributed by atoms with Crippen molar-refractivity contribution < 1.29 is 13.9 Å². The van der Waals surface area contributed by atoms with E-state index in [1.54, 1.807) is 0 Å². The highest BCUT2D eigenvalue weighted by Crippen LogP contribution is 2.27. The van der Waals surface area contributed by atoms with Crippen LogP contribution in [0.2, 0.25) is 0 Å². The van der Waals surface area contributed by atoms with Gasteiger partial charge < -0.3 is 5.11 Å². The molecule has 0 amide bonds. The number of piperazine rings is 3. The van der Waals surface area contributed by atoms with E-state index in [0.717, 1.165) is 38.8 Å². The van der Waals surface area contributed by atoms with E-state index < -0.39 is 17.7 Å². The molecule has 3 fully saturated rings. The molecule has 2 bridgehead atoms. The Kier molecular flexibility index (Phi) is 3.05. The summed E-state index contributed by atoms with van der Waals surface area (Å²) in [5.74, 6) is -1.28. The largest absolute Gasteiger partial charge is 0.387 e. The third kappa shape index (κ3) is 2.13. The van der Waals surface area contributed by atoms with E-state index in [9.17, 15) is 13.9 Å². The Morgan fingerprint density at radius 3 is 2.17 bits per heavy atom. The molecular weight excluding hydrogens is 238 g/mol. The molecule has 3 aliphatic heterocycles. The molecule has 1 aromatic carbocycles. The number of aliphatic hydroxyl groups is 1. The van der Waals surface area contributed by atoms with Gasteiger partial charge in [-0.3, -0.25) is 9.80 Å². The van der Waals surface area contributed by atoms with Crippen LogP contribution in [0.3, 0.4) is 0 Å². The van der Waals surface area contributed by atoms with E-state index in [-0.39, 0.29) is 6.04 Å². The first-order valence-corrected chi connectivity index (χ1v) is 6.24. The van der Waals surface area contributed by atoms with E-state index in [1.165, 1.54) is 12.1 Å². The molecule has 18 heavy (non-hydrogen) atoms. The number of hydrogen-bond acceptors (Lipinski definition) is 3. The van der Waals surface area contributed by atoms with Crippen molar-refractivity contribution in [1.29, 1.82) is 0 Å². The lowest BCUT2D eigenvalue weighted by Crippen LogP contribution is -2.62. The summed E-state index contributed by atoms with van der Waals surface area (Å²) in [5.41, 5.74) is 0.325. The molecule has 5 heteroatoms. The van der Waals surface area contributed by atoms with Crippen molar-refractivity contribution in [2.75, 3.05) is 32.7 Å². The lowest BCUT2D eigenvalue weighted by atomic mass is 9.96. The van der Waals surface area contributed by atoms with E-state index in [0.29, 0.717) is 5.56 Å². The van der Waals surface area contributed by atoms with Gasteiger partial charge in [-0.1, -0.05) is 0 Å². The van der Waals surface area contributed by atoms with Crippen LogP contribution < -0.4 is 0 Å². The van der Waals surface area contributed by atoms with Crippen molar-refractivity contribution in [2.24, 2.45) is 0 Å². The summed E-state index contributed by atoms with van der Waals surface area (Å²) in [6, 6.07) is 3.19. The molecular formula is C13H16F2N2O. The normalized spacial score (nSPS) is 32.5. The molecule has 98 valence electrons. The second-order valence-electron chi connectivity index (χ2n) is 5.05. The van der Waals surface area contributed by atoms with Gasteiger partial charge in [0.1, 0.15) is 11.6 Å². The van der Waals surface area contributed by atoms with Gasteiger partial charge in [0.05, 0.1) is 12.1 Å². The molecule has 0 saturated carbocycles. The first-order valence-electron chi connectivity index (χ1n) is 6.24. The van der Waals surface area contributed by atoms with Gasteiger partial charge in [-0.25, -0.2) is 8.78 Å². The van der Waals surface area contributed by atoms with E-state index >= 15 is 0 Å². The number of hydrogen-bond donors (Lipinski definition) is 1. The number of halogens is 2. The predicted octanol–water partition coefficient (Wildman–Crippen LogP) is 0.998. The van der Waals surface area contributed by atoms with Crippen LogP contribution in [-0.4, -0.2) is 53.7 Å².